The van der Waals surface area contributed by atoms with Gasteiger partial charge in [-0.05, 0) is 12.8 Å². The zero-order valence-electron chi connectivity index (χ0n) is 13.0. The van der Waals surface area contributed by atoms with Gasteiger partial charge in [0.2, 0.25) is 0 Å². The first kappa shape index (κ1) is 14.0. The first-order valence-corrected chi connectivity index (χ1v) is 7.28. The van der Waals surface area contributed by atoms with Crippen molar-refractivity contribution in [2.24, 2.45) is 12.9 Å². The summed E-state index contributed by atoms with van der Waals surface area (Å²) in [6.07, 6.45) is 4.37. The van der Waals surface area contributed by atoms with Crippen LogP contribution in [-0.2, 0) is 12.5 Å². The van der Waals surface area contributed by atoms with E-state index >= 15 is 0 Å². The van der Waals surface area contributed by atoms with Gasteiger partial charge in [0.05, 0.1) is 11.3 Å². The molecule has 0 amide bonds. The molecular formula is C15H22N6. The van der Waals surface area contributed by atoms with Crippen molar-refractivity contribution in [1.29, 1.82) is 0 Å². The van der Waals surface area contributed by atoms with Crippen molar-refractivity contribution in [3.05, 3.63) is 23.7 Å². The third-order valence-corrected chi connectivity index (χ3v) is 3.67. The highest BCUT2D eigenvalue weighted by molar-refractivity contribution is 5.61. The molecule has 0 spiro atoms. The average molecular weight is 286 g/mol. The van der Waals surface area contributed by atoms with Crippen LogP contribution in [-0.4, -0.2) is 19.7 Å². The molecule has 2 aromatic heterocycles. The highest BCUT2D eigenvalue weighted by Gasteiger charge is 2.28. The van der Waals surface area contributed by atoms with Crippen LogP contribution in [0.2, 0.25) is 0 Å². The molecule has 2 heterocycles. The molecule has 0 aromatic carbocycles. The number of rotatable bonds is 3. The molecule has 6 heteroatoms. The summed E-state index contributed by atoms with van der Waals surface area (Å²) in [6, 6.07) is 1.94. The van der Waals surface area contributed by atoms with Gasteiger partial charge < -0.3 is 5.43 Å². The third kappa shape index (κ3) is 2.76. The molecule has 0 saturated heterocycles. The summed E-state index contributed by atoms with van der Waals surface area (Å²) >= 11 is 0. The highest BCUT2D eigenvalue weighted by atomic mass is 15.3. The maximum atomic E-state index is 5.55. The maximum absolute atomic E-state index is 5.55. The molecule has 6 nitrogen and oxygen atoms in total. The number of nitrogen functional groups attached to an aromatic ring is 1. The van der Waals surface area contributed by atoms with Gasteiger partial charge >= 0.3 is 0 Å². The lowest BCUT2D eigenvalue weighted by Crippen LogP contribution is -2.15. The number of nitrogens with two attached hydrogens (primary N) is 1. The van der Waals surface area contributed by atoms with E-state index in [1.165, 1.54) is 12.8 Å². The van der Waals surface area contributed by atoms with Crippen LogP contribution < -0.4 is 11.3 Å². The lowest BCUT2D eigenvalue weighted by atomic mass is 9.89. The summed E-state index contributed by atoms with van der Waals surface area (Å²) in [5.41, 5.74) is 5.63. The molecule has 0 radical (unpaired) electrons. The number of hydrazine groups is 1. The molecule has 21 heavy (non-hydrogen) atoms. The van der Waals surface area contributed by atoms with Crippen LogP contribution in [0.1, 0.15) is 50.9 Å². The summed E-state index contributed by atoms with van der Waals surface area (Å²) in [5.74, 6) is 7.46. The lowest BCUT2D eigenvalue weighted by Gasteiger charge is -2.17. The van der Waals surface area contributed by atoms with E-state index in [9.17, 15) is 0 Å². The number of aryl methyl sites for hydroxylation is 1. The Morgan fingerprint density at radius 2 is 2.00 bits per heavy atom. The molecule has 1 saturated carbocycles. The van der Waals surface area contributed by atoms with Crippen LogP contribution >= 0.6 is 0 Å². The number of hydrogen-bond acceptors (Lipinski definition) is 5. The van der Waals surface area contributed by atoms with Crippen molar-refractivity contribution < 1.29 is 0 Å². The first-order valence-electron chi connectivity index (χ1n) is 7.28. The second-order valence-electron chi connectivity index (χ2n) is 6.74. The van der Waals surface area contributed by atoms with Crippen LogP contribution in [0.5, 0.6) is 0 Å². The maximum Gasteiger partial charge on any atom is 0.165 e. The Balaban J connectivity index is 2.14. The smallest absolute Gasteiger partial charge is 0.165 e. The van der Waals surface area contributed by atoms with E-state index in [-0.39, 0.29) is 5.41 Å². The number of aromatic nitrogens is 4. The number of nitrogens with one attached hydrogen (secondary N) is 1. The van der Waals surface area contributed by atoms with Gasteiger partial charge in [0, 0.05) is 36.3 Å². The number of nitrogens with zero attached hydrogens (tertiary/aromatic N) is 4. The predicted molar refractivity (Wildman–Crippen MR) is 82.7 cm³/mol. The summed E-state index contributed by atoms with van der Waals surface area (Å²) in [4.78, 5) is 9.26. The van der Waals surface area contributed by atoms with E-state index in [1.54, 1.807) is 0 Å². The van der Waals surface area contributed by atoms with Crippen molar-refractivity contribution in [3.8, 4) is 11.4 Å². The first-order chi connectivity index (χ1) is 9.88. The Kier molecular flexibility index (Phi) is 3.20. The van der Waals surface area contributed by atoms with Crippen LogP contribution in [0.15, 0.2) is 12.3 Å². The standard InChI is InChI=1S/C15H22N6/c1-15(2,3)13-10(8-21(4)20-13)14-17-11(9-5-6-9)7-12(18-14)19-16/h7-9H,5-6,16H2,1-4H3,(H,17,18,19). The predicted octanol–water partition coefficient (Wildman–Crippen LogP) is 2.34. The van der Waals surface area contributed by atoms with Gasteiger partial charge in [0.1, 0.15) is 5.82 Å². The van der Waals surface area contributed by atoms with E-state index < -0.39 is 0 Å². The van der Waals surface area contributed by atoms with Crippen molar-refractivity contribution in [2.75, 3.05) is 5.43 Å². The van der Waals surface area contributed by atoms with Crippen molar-refractivity contribution in [1.82, 2.24) is 19.7 Å². The monoisotopic (exact) mass is 286 g/mol. The van der Waals surface area contributed by atoms with Gasteiger partial charge in [-0.2, -0.15) is 5.10 Å². The van der Waals surface area contributed by atoms with Gasteiger partial charge in [-0.1, -0.05) is 20.8 Å². The lowest BCUT2D eigenvalue weighted by molar-refractivity contribution is 0.554. The van der Waals surface area contributed by atoms with Gasteiger partial charge in [0.15, 0.2) is 5.82 Å². The molecule has 0 unspecified atom stereocenters. The Morgan fingerprint density at radius 1 is 1.29 bits per heavy atom. The minimum atomic E-state index is -0.0636. The number of anilines is 1. The fourth-order valence-corrected chi connectivity index (χ4v) is 2.45. The van der Waals surface area contributed by atoms with E-state index in [4.69, 9.17) is 10.8 Å². The summed E-state index contributed by atoms with van der Waals surface area (Å²) in [5, 5.41) is 4.59. The van der Waals surface area contributed by atoms with Gasteiger partial charge in [-0.15, -0.1) is 0 Å². The SMILES string of the molecule is Cn1cc(-c2nc(NN)cc(C3CC3)n2)c(C(C)(C)C)n1. The van der Waals surface area contributed by atoms with E-state index in [0.29, 0.717) is 17.6 Å². The second kappa shape index (κ2) is 4.80. The van der Waals surface area contributed by atoms with Crippen LogP contribution in [0, 0.1) is 0 Å². The third-order valence-electron chi connectivity index (χ3n) is 3.67. The molecular weight excluding hydrogens is 264 g/mol. The van der Waals surface area contributed by atoms with Gasteiger partial charge in [-0.3, -0.25) is 4.68 Å². The molecule has 3 N–H and O–H groups in total. The summed E-state index contributed by atoms with van der Waals surface area (Å²) < 4.78 is 1.82. The topological polar surface area (TPSA) is 81.7 Å². The summed E-state index contributed by atoms with van der Waals surface area (Å²) in [7, 11) is 1.92. The second-order valence-corrected chi connectivity index (χ2v) is 6.74. The molecule has 3 rings (SSSR count). The molecule has 1 aliphatic rings. The van der Waals surface area contributed by atoms with Crippen LogP contribution in [0.25, 0.3) is 11.4 Å². The Hall–Kier alpha value is -1.95. The van der Waals surface area contributed by atoms with Crippen molar-refractivity contribution >= 4 is 5.82 Å². The average Bonchev–Trinajstić information content (AvgIpc) is 3.19. The normalized spacial score (nSPS) is 15.3. The minimum Gasteiger partial charge on any atom is -0.308 e. The highest BCUT2D eigenvalue weighted by Crippen LogP contribution is 2.40. The van der Waals surface area contributed by atoms with Gasteiger partial charge in [0.25, 0.3) is 0 Å². The fraction of sp³-hybridized carbons (Fsp3) is 0.533. The summed E-state index contributed by atoms with van der Waals surface area (Å²) in [6.45, 7) is 6.43. The van der Waals surface area contributed by atoms with E-state index in [0.717, 1.165) is 17.0 Å². The molecule has 0 atom stereocenters. The van der Waals surface area contributed by atoms with Crippen molar-refractivity contribution in [3.63, 3.8) is 0 Å². The minimum absolute atomic E-state index is 0.0636. The van der Waals surface area contributed by atoms with E-state index in [1.807, 2.05) is 24.0 Å². The zero-order chi connectivity index (χ0) is 15.2. The Labute approximate surface area is 124 Å². The van der Waals surface area contributed by atoms with E-state index in [2.05, 4.69) is 36.3 Å². The Bertz CT molecular complexity index is 663. The quantitative estimate of drug-likeness (QED) is 0.668. The zero-order valence-corrected chi connectivity index (χ0v) is 13.0. The molecule has 0 bridgehead atoms. The molecule has 1 aliphatic carbocycles. The molecule has 0 aliphatic heterocycles. The fourth-order valence-electron chi connectivity index (χ4n) is 2.45. The molecule has 1 fully saturated rings. The van der Waals surface area contributed by atoms with Crippen molar-refractivity contribution in [2.45, 2.75) is 44.9 Å². The van der Waals surface area contributed by atoms with Gasteiger partial charge in [-0.25, -0.2) is 15.8 Å². The Morgan fingerprint density at radius 3 is 2.57 bits per heavy atom. The molecule has 2 aromatic rings. The van der Waals surface area contributed by atoms with Crippen LogP contribution in [0.4, 0.5) is 5.82 Å². The number of hydrogen-bond donors (Lipinski definition) is 2. The molecule has 112 valence electrons. The van der Waals surface area contributed by atoms with Crippen LogP contribution in [0.3, 0.4) is 0 Å². The largest absolute Gasteiger partial charge is 0.308 e.